The van der Waals surface area contributed by atoms with Gasteiger partial charge in [0.05, 0.1) is 36.2 Å². The highest BCUT2D eigenvalue weighted by Crippen LogP contribution is 2.51. The highest BCUT2D eigenvalue weighted by molar-refractivity contribution is 5.95. The second-order valence-electron chi connectivity index (χ2n) is 11.4. The van der Waals surface area contributed by atoms with E-state index in [2.05, 4.69) is 12.2 Å². The number of esters is 1. The van der Waals surface area contributed by atoms with Gasteiger partial charge in [0.25, 0.3) is 0 Å². The minimum Gasteiger partial charge on any atom is -0.494 e. The number of methoxy groups -OCH3 is 1. The Kier molecular flexibility index (Phi) is 6.80. The summed E-state index contributed by atoms with van der Waals surface area (Å²) in [5, 5.41) is 3.00. The number of carbonyl (C=O) groups is 2. The number of anilines is 1. The van der Waals surface area contributed by atoms with Gasteiger partial charge in [0.15, 0.2) is 11.5 Å². The van der Waals surface area contributed by atoms with Crippen LogP contribution in [0.4, 0.5) is 5.69 Å². The summed E-state index contributed by atoms with van der Waals surface area (Å²) in [6.07, 6.45) is 5.43. The van der Waals surface area contributed by atoms with Crippen LogP contribution in [-0.2, 0) is 20.7 Å². The largest absolute Gasteiger partial charge is 0.494 e. The number of aromatic nitrogens is 2. The highest BCUT2D eigenvalue weighted by Gasteiger charge is 2.48. The molecular formula is C33H33N3O6. The third-order valence-corrected chi connectivity index (χ3v) is 8.68. The van der Waals surface area contributed by atoms with Crippen molar-refractivity contribution in [1.82, 2.24) is 9.97 Å². The lowest BCUT2D eigenvalue weighted by atomic mass is 9.67. The third kappa shape index (κ3) is 4.66. The van der Waals surface area contributed by atoms with Crippen molar-refractivity contribution in [2.24, 2.45) is 11.8 Å². The van der Waals surface area contributed by atoms with Gasteiger partial charge in [0.1, 0.15) is 11.3 Å². The van der Waals surface area contributed by atoms with Crippen LogP contribution in [0.25, 0.3) is 22.1 Å². The summed E-state index contributed by atoms with van der Waals surface area (Å²) in [4.78, 5) is 35.4. The SMILES string of the molecule is CCCCCCC(=O)Nc1ccc2nc3c(OC)cc([C@@H]4c5cc6c(cc5C[C@H]5COC(=O)[C@@H]54)OCO6)cc3nc2c1. The lowest BCUT2D eigenvalue weighted by Gasteiger charge is -2.33. The number of benzene rings is 3. The Balaban J connectivity index is 1.29. The van der Waals surface area contributed by atoms with Gasteiger partial charge < -0.3 is 24.3 Å². The quantitative estimate of drug-likeness (QED) is 0.159. The minimum absolute atomic E-state index is 0.00186. The van der Waals surface area contributed by atoms with Crippen molar-refractivity contribution in [2.75, 3.05) is 25.8 Å². The van der Waals surface area contributed by atoms with Crippen LogP contribution in [0, 0.1) is 11.8 Å². The van der Waals surface area contributed by atoms with Crippen molar-refractivity contribution in [1.29, 1.82) is 0 Å². The van der Waals surface area contributed by atoms with Crippen molar-refractivity contribution in [3.05, 3.63) is 59.2 Å². The van der Waals surface area contributed by atoms with Crippen LogP contribution < -0.4 is 19.5 Å². The fourth-order valence-electron chi connectivity index (χ4n) is 6.62. The second-order valence-corrected chi connectivity index (χ2v) is 11.4. The van der Waals surface area contributed by atoms with Gasteiger partial charge in [-0.1, -0.05) is 26.2 Å². The van der Waals surface area contributed by atoms with Crippen LogP contribution in [0.15, 0.2) is 42.5 Å². The monoisotopic (exact) mass is 567 g/mol. The van der Waals surface area contributed by atoms with Crippen molar-refractivity contribution >= 4 is 39.6 Å². The molecule has 1 saturated heterocycles. The van der Waals surface area contributed by atoms with E-state index in [1.807, 2.05) is 42.5 Å². The lowest BCUT2D eigenvalue weighted by Crippen LogP contribution is -2.31. The van der Waals surface area contributed by atoms with Crippen LogP contribution in [0.2, 0.25) is 0 Å². The molecule has 9 nitrogen and oxygen atoms in total. The second kappa shape index (κ2) is 10.8. The molecule has 1 amide bonds. The molecule has 0 radical (unpaired) electrons. The summed E-state index contributed by atoms with van der Waals surface area (Å²) in [6.45, 7) is 2.74. The van der Waals surface area contributed by atoms with E-state index in [1.165, 1.54) is 0 Å². The molecule has 1 fully saturated rings. The molecule has 0 saturated carbocycles. The summed E-state index contributed by atoms with van der Waals surface area (Å²) in [6, 6.07) is 13.6. The molecule has 7 rings (SSSR count). The number of cyclic esters (lactones) is 1. The highest BCUT2D eigenvalue weighted by atomic mass is 16.7. The molecule has 0 unspecified atom stereocenters. The summed E-state index contributed by atoms with van der Waals surface area (Å²) in [5.41, 5.74) is 6.39. The lowest BCUT2D eigenvalue weighted by molar-refractivity contribution is -0.141. The number of rotatable bonds is 8. The van der Waals surface area contributed by atoms with Gasteiger partial charge in [-0.25, -0.2) is 9.97 Å². The van der Waals surface area contributed by atoms with Gasteiger partial charge in [0, 0.05) is 23.9 Å². The van der Waals surface area contributed by atoms with E-state index in [4.69, 9.17) is 28.9 Å². The first-order valence-electron chi connectivity index (χ1n) is 14.7. The number of fused-ring (bicyclic) bond motifs is 5. The normalized spacial score (nSPS) is 20.3. The molecule has 1 N–H and O–H groups in total. The summed E-state index contributed by atoms with van der Waals surface area (Å²) >= 11 is 0. The van der Waals surface area contributed by atoms with Crippen LogP contribution in [0.5, 0.6) is 17.2 Å². The van der Waals surface area contributed by atoms with Gasteiger partial charge in [-0.2, -0.15) is 0 Å². The van der Waals surface area contributed by atoms with Crippen LogP contribution >= 0.6 is 0 Å². The van der Waals surface area contributed by atoms with Crippen molar-refractivity contribution < 1.29 is 28.5 Å². The van der Waals surface area contributed by atoms with Crippen molar-refractivity contribution in [3.8, 4) is 17.2 Å². The number of nitrogens with one attached hydrogen (secondary N) is 1. The average Bonchev–Trinajstić information content (AvgIpc) is 3.61. The maximum Gasteiger partial charge on any atom is 0.310 e. The Morgan fingerprint density at radius 2 is 1.83 bits per heavy atom. The fraction of sp³-hybridized carbons (Fsp3) is 0.394. The molecule has 216 valence electrons. The Morgan fingerprint density at radius 1 is 0.976 bits per heavy atom. The van der Waals surface area contributed by atoms with E-state index in [0.717, 1.165) is 54.5 Å². The molecule has 42 heavy (non-hydrogen) atoms. The predicted molar refractivity (Wildman–Crippen MR) is 157 cm³/mol. The van der Waals surface area contributed by atoms with Crippen LogP contribution in [0.1, 0.15) is 61.6 Å². The number of hydrogen-bond acceptors (Lipinski definition) is 8. The predicted octanol–water partition coefficient (Wildman–Crippen LogP) is 5.91. The van der Waals surface area contributed by atoms with E-state index in [0.29, 0.717) is 52.3 Å². The molecule has 0 bridgehead atoms. The van der Waals surface area contributed by atoms with Crippen molar-refractivity contribution in [3.63, 3.8) is 0 Å². The molecule has 3 atom stereocenters. The molecule has 3 aromatic carbocycles. The maximum absolute atomic E-state index is 13.1. The summed E-state index contributed by atoms with van der Waals surface area (Å²) < 4.78 is 22.7. The number of unbranched alkanes of at least 4 members (excludes halogenated alkanes) is 3. The van der Waals surface area contributed by atoms with Gasteiger partial charge in [-0.05, 0) is 72.0 Å². The van der Waals surface area contributed by atoms with Gasteiger partial charge in [-0.15, -0.1) is 0 Å². The Hall–Kier alpha value is -4.40. The standard InChI is InChI=1S/C33H33N3O6/c1-3-4-5-6-7-29(37)34-21-8-9-23-24(14-21)35-25-11-19(13-28(39-2)32(25)36-23)30-22-15-27-26(41-17-42-27)12-18(22)10-20-16-40-33(38)31(20)30/h8-9,11-15,20,30-31H,3-7,10,16-17H2,1-2H3,(H,34,37)/t20-,30+,31-/m0/s1. The van der Waals surface area contributed by atoms with Gasteiger partial charge >= 0.3 is 5.97 Å². The molecule has 2 aliphatic heterocycles. The van der Waals surface area contributed by atoms with E-state index in [-0.39, 0.29) is 36.4 Å². The topological polar surface area (TPSA) is 109 Å². The summed E-state index contributed by atoms with van der Waals surface area (Å²) in [5.74, 6) is 1.27. The summed E-state index contributed by atoms with van der Waals surface area (Å²) in [7, 11) is 1.61. The molecule has 3 heterocycles. The molecular weight excluding hydrogens is 534 g/mol. The van der Waals surface area contributed by atoms with E-state index in [9.17, 15) is 9.59 Å². The number of ether oxygens (including phenoxy) is 4. The minimum atomic E-state index is -0.326. The first kappa shape index (κ1) is 26.5. The zero-order chi connectivity index (χ0) is 28.8. The number of amides is 1. The molecule has 9 heteroatoms. The number of nitrogens with zero attached hydrogens (tertiary/aromatic N) is 2. The first-order valence-corrected chi connectivity index (χ1v) is 14.7. The van der Waals surface area contributed by atoms with Crippen molar-refractivity contribution in [2.45, 2.75) is 51.4 Å². The molecule has 3 aliphatic rings. The Labute approximate surface area is 243 Å². The smallest absolute Gasteiger partial charge is 0.310 e. The Bertz CT molecular complexity index is 1720. The van der Waals surface area contributed by atoms with E-state index >= 15 is 0 Å². The Morgan fingerprint density at radius 3 is 2.67 bits per heavy atom. The molecule has 4 aromatic rings. The number of hydrogen-bond donors (Lipinski definition) is 1. The van der Waals surface area contributed by atoms with Crippen LogP contribution in [-0.4, -0.2) is 42.4 Å². The first-order chi connectivity index (χ1) is 20.5. The van der Waals surface area contributed by atoms with E-state index < -0.39 is 0 Å². The fourth-order valence-corrected chi connectivity index (χ4v) is 6.62. The maximum atomic E-state index is 13.1. The van der Waals surface area contributed by atoms with Gasteiger partial charge in [0.2, 0.25) is 12.7 Å². The number of carbonyl (C=O) groups excluding carboxylic acids is 2. The van der Waals surface area contributed by atoms with E-state index in [1.54, 1.807) is 7.11 Å². The average molecular weight is 568 g/mol. The van der Waals surface area contributed by atoms with Crippen LogP contribution in [0.3, 0.4) is 0 Å². The molecule has 0 spiro atoms. The third-order valence-electron chi connectivity index (χ3n) is 8.68. The zero-order valence-corrected chi connectivity index (χ0v) is 23.8. The zero-order valence-electron chi connectivity index (χ0n) is 23.8. The molecule has 1 aliphatic carbocycles. The molecule has 1 aromatic heterocycles. The van der Waals surface area contributed by atoms with Gasteiger partial charge in [-0.3, -0.25) is 9.59 Å².